The highest BCUT2D eigenvalue weighted by Crippen LogP contribution is 2.30. The summed E-state index contributed by atoms with van der Waals surface area (Å²) in [4.78, 5) is 28.3. The molecule has 35 heavy (non-hydrogen) atoms. The maximum Gasteiger partial charge on any atom is 0.311 e. The Balaban J connectivity index is 1.62. The average molecular weight is 536 g/mol. The molecule has 2 heterocycles. The highest BCUT2D eigenvalue weighted by molar-refractivity contribution is 7.99. The topological polar surface area (TPSA) is 108 Å². The first-order chi connectivity index (χ1) is 16.8. The third-order valence-electron chi connectivity index (χ3n) is 4.57. The van der Waals surface area contributed by atoms with Gasteiger partial charge >= 0.3 is 5.97 Å². The summed E-state index contributed by atoms with van der Waals surface area (Å²) in [5, 5.41) is 14.5. The minimum absolute atomic E-state index is 0.0659. The lowest BCUT2D eigenvalue weighted by molar-refractivity contribution is -0.142. The Morgan fingerprint density at radius 2 is 2.17 bits per heavy atom. The van der Waals surface area contributed by atoms with Crippen LogP contribution in [-0.2, 0) is 27.3 Å². The van der Waals surface area contributed by atoms with Crippen molar-refractivity contribution < 1.29 is 19.1 Å². The van der Waals surface area contributed by atoms with E-state index in [1.54, 1.807) is 24.4 Å². The molecule has 3 aromatic rings. The van der Waals surface area contributed by atoms with Gasteiger partial charge in [-0.3, -0.25) is 14.2 Å². The first-order valence-electron chi connectivity index (χ1n) is 10.8. The first-order valence-corrected chi connectivity index (χ1v) is 13.0. The lowest BCUT2D eigenvalue weighted by atomic mass is 10.2. The maximum atomic E-state index is 12.5. The number of aryl methyl sites for hydroxylation is 1. The number of ether oxygens (including phenoxy) is 2. The molecule has 1 aromatic carbocycles. The molecule has 2 aromatic heterocycles. The Morgan fingerprint density at radius 1 is 1.37 bits per heavy atom. The zero-order valence-corrected chi connectivity index (χ0v) is 22.0. The minimum Gasteiger partial charge on any atom is -0.481 e. The number of halogens is 1. The number of esters is 1. The molecule has 3 rings (SSSR count). The van der Waals surface area contributed by atoms with Crippen molar-refractivity contribution >= 4 is 51.7 Å². The monoisotopic (exact) mass is 535 g/mol. The van der Waals surface area contributed by atoms with Gasteiger partial charge in [0.25, 0.3) is 0 Å². The van der Waals surface area contributed by atoms with Crippen LogP contribution in [0.15, 0.2) is 41.4 Å². The molecule has 1 N–H and O–H groups in total. The van der Waals surface area contributed by atoms with Crippen LogP contribution in [0.4, 0.5) is 5.13 Å². The van der Waals surface area contributed by atoms with E-state index in [2.05, 4.69) is 27.1 Å². The number of aromatic nitrogens is 4. The van der Waals surface area contributed by atoms with Crippen LogP contribution in [0.2, 0.25) is 5.02 Å². The average Bonchev–Trinajstić information content (AvgIpc) is 3.42. The number of carbonyl (C=O) groups is 2. The van der Waals surface area contributed by atoms with Gasteiger partial charge in [0.2, 0.25) is 5.91 Å². The second kappa shape index (κ2) is 12.7. The molecule has 0 aliphatic carbocycles. The number of hydrogen-bond acceptors (Lipinski definition) is 9. The van der Waals surface area contributed by atoms with Gasteiger partial charge in [0.05, 0.1) is 29.5 Å². The fourth-order valence-electron chi connectivity index (χ4n) is 3.04. The number of thiazole rings is 1. The molecule has 0 spiro atoms. The molecule has 1 amide bonds. The standard InChI is InChI=1S/C23H26ClN5O4S2/c1-5-9-29-21(15(4)33-18-10-14(3)7-8-17(18)24)27-28-23(29)35-13-19(30)26-22-25-16(12-34-22)11-20(31)32-6-2/h5,7-8,10,12,15H,1,6,9,11,13H2,2-4H3,(H,25,26,30). The van der Waals surface area contributed by atoms with Crippen LogP contribution in [0, 0.1) is 6.92 Å². The summed E-state index contributed by atoms with van der Waals surface area (Å²) in [5.41, 5.74) is 1.58. The number of benzene rings is 1. The van der Waals surface area contributed by atoms with Crippen molar-refractivity contribution in [3.8, 4) is 5.75 Å². The van der Waals surface area contributed by atoms with Crippen LogP contribution in [-0.4, -0.2) is 44.0 Å². The fraction of sp³-hybridized carbons (Fsp3) is 0.348. The van der Waals surface area contributed by atoms with Crippen LogP contribution < -0.4 is 10.1 Å². The zero-order chi connectivity index (χ0) is 25.4. The zero-order valence-electron chi connectivity index (χ0n) is 19.6. The highest BCUT2D eigenvalue weighted by Gasteiger charge is 2.21. The number of amides is 1. The van der Waals surface area contributed by atoms with Gasteiger partial charge in [0, 0.05) is 11.9 Å². The predicted octanol–water partition coefficient (Wildman–Crippen LogP) is 4.86. The Hall–Kier alpha value is -2.89. The Kier molecular flexibility index (Phi) is 9.70. The molecule has 0 saturated heterocycles. The van der Waals surface area contributed by atoms with Crippen LogP contribution in [0.25, 0.3) is 0 Å². The fourth-order valence-corrected chi connectivity index (χ4v) is 4.69. The van der Waals surface area contributed by atoms with Crippen molar-refractivity contribution in [3.63, 3.8) is 0 Å². The highest BCUT2D eigenvalue weighted by atomic mass is 35.5. The predicted molar refractivity (Wildman–Crippen MR) is 137 cm³/mol. The minimum atomic E-state index is -0.432. The van der Waals surface area contributed by atoms with Gasteiger partial charge < -0.3 is 14.8 Å². The number of thioether (sulfide) groups is 1. The number of nitrogens with zero attached hydrogens (tertiary/aromatic N) is 4. The van der Waals surface area contributed by atoms with E-state index in [0.717, 1.165) is 5.56 Å². The molecule has 186 valence electrons. The number of hydrogen-bond donors (Lipinski definition) is 1. The second-order valence-corrected chi connectivity index (χ2v) is 9.60. The molecule has 0 radical (unpaired) electrons. The number of anilines is 1. The number of allylic oxidation sites excluding steroid dienone is 1. The van der Waals surface area contributed by atoms with Crippen molar-refractivity contribution in [3.05, 3.63) is 58.3 Å². The van der Waals surface area contributed by atoms with E-state index in [1.807, 2.05) is 30.5 Å². The summed E-state index contributed by atoms with van der Waals surface area (Å²) in [5.74, 6) is 0.644. The summed E-state index contributed by atoms with van der Waals surface area (Å²) in [6, 6.07) is 5.56. The molecule has 9 nitrogen and oxygen atoms in total. The lowest BCUT2D eigenvalue weighted by Gasteiger charge is -2.17. The van der Waals surface area contributed by atoms with E-state index < -0.39 is 6.10 Å². The number of rotatable bonds is 12. The summed E-state index contributed by atoms with van der Waals surface area (Å²) in [7, 11) is 0. The van der Waals surface area contributed by atoms with Gasteiger partial charge in [-0.2, -0.15) is 0 Å². The van der Waals surface area contributed by atoms with Gasteiger partial charge in [-0.05, 0) is 38.5 Å². The van der Waals surface area contributed by atoms with Gasteiger partial charge in [0.1, 0.15) is 5.75 Å². The van der Waals surface area contributed by atoms with E-state index in [4.69, 9.17) is 21.1 Å². The van der Waals surface area contributed by atoms with E-state index >= 15 is 0 Å². The summed E-state index contributed by atoms with van der Waals surface area (Å²) in [6.45, 7) is 10.1. The smallest absolute Gasteiger partial charge is 0.311 e. The molecule has 1 atom stereocenters. The van der Waals surface area contributed by atoms with Crippen molar-refractivity contribution in [2.45, 2.75) is 45.0 Å². The second-order valence-electron chi connectivity index (χ2n) is 7.40. The summed E-state index contributed by atoms with van der Waals surface area (Å²) < 4.78 is 12.8. The van der Waals surface area contributed by atoms with Gasteiger partial charge in [-0.25, -0.2) is 4.98 Å². The molecule has 12 heteroatoms. The van der Waals surface area contributed by atoms with Gasteiger partial charge in [0.15, 0.2) is 22.2 Å². The van der Waals surface area contributed by atoms with E-state index in [1.165, 1.54) is 23.1 Å². The third-order valence-corrected chi connectivity index (χ3v) is 6.66. The third kappa shape index (κ3) is 7.55. The van der Waals surface area contributed by atoms with Crippen molar-refractivity contribution in [1.29, 1.82) is 0 Å². The SMILES string of the molecule is C=CCn1c(SCC(=O)Nc2nc(CC(=O)OCC)cs2)nnc1C(C)Oc1cc(C)ccc1Cl. The van der Waals surface area contributed by atoms with Crippen LogP contribution >= 0.6 is 34.7 Å². The van der Waals surface area contributed by atoms with Crippen LogP contribution in [0.3, 0.4) is 0 Å². The molecule has 0 bridgehead atoms. The maximum absolute atomic E-state index is 12.5. The van der Waals surface area contributed by atoms with Crippen molar-refractivity contribution in [2.24, 2.45) is 0 Å². The van der Waals surface area contributed by atoms with Crippen LogP contribution in [0.5, 0.6) is 5.75 Å². The van der Waals surface area contributed by atoms with E-state index in [-0.39, 0.29) is 24.1 Å². The lowest BCUT2D eigenvalue weighted by Crippen LogP contribution is -2.15. The van der Waals surface area contributed by atoms with Crippen molar-refractivity contribution in [2.75, 3.05) is 17.7 Å². The van der Waals surface area contributed by atoms with Gasteiger partial charge in [-0.1, -0.05) is 35.5 Å². The molecule has 0 aliphatic heterocycles. The summed E-state index contributed by atoms with van der Waals surface area (Å²) in [6.07, 6.45) is 1.36. The Labute approximate surface area is 216 Å². The molecular formula is C23H26ClN5O4S2. The number of carbonyl (C=O) groups excluding carboxylic acids is 2. The normalized spacial score (nSPS) is 11.7. The molecule has 0 aliphatic rings. The molecular weight excluding hydrogens is 510 g/mol. The Bertz CT molecular complexity index is 1200. The number of nitrogens with one attached hydrogen (secondary N) is 1. The largest absolute Gasteiger partial charge is 0.481 e. The molecule has 1 unspecified atom stereocenters. The first kappa shape index (κ1) is 26.7. The van der Waals surface area contributed by atoms with E-state index in [0.29, 0.717) is 45.7 Å². The van der Waals surface area contributed by atoms with Crippen LogP contribution in [0.1, 0.15) is 37.0 Å². The van der Waals surface area contributed by atoms with Gasteiger partial charge in [-0.15, -0.1) is 28.1 Å². The molecule has 0 fully saturated rings. The molecule has 0 saturated carbocycles. The Morgan fingerprint density at radius 3 is 2.91 bits per heavy atom. The van der Waals surface area contributed by atoms with Crippen molar-refractivity contribution in [1.82, 2.24) is 19.7 Å². The summed E-state index contributed by atoms with van der Waals surface area (Å²) >= 11 is 8.75. The van der Waals surface area contributed by atoms with E-state index in [9.17, 15) is 9.59 Å². The quantitative estimate of drug-likeness (QED) is 0.199.